The van der Waals surface area contributed by atoms with Crippen molar-refractivity contribution < 1.29 is 36.2 Å². The smallest absolute Gasteiger partial charge is 0.261 e. The number of halogens is 2. The van der Waals surface area contributed by atoms with Crippen molar-refractivity contribution >= 4 is 28.8 Å². The molecular formula is C38H50Br2N2O3. The number of piperidine rings is 3. The number of fused-ring (bicyclic) bond motifs is 4. The van der Waals surface area contributed by atoms with Gasteiger partial charge in [-0.05, 0) is 23.3 Å². The average molecular weight is 743 g/mol. The van der Waals surface area contributed by atoms with Gasteiger partial charge < -0.3 is 26.6 Å². The van der Waals surface area contributed by atoms with Crippen LogP contribution in [0.4, 0.5) is 0 Å². The van der Waals surface area contributed by atoms with Crippen LogP contribution in [0.3, 0.4) is 0 Å². The Morgan fingerprint density at radius 2 is 1.09 bits per heavy atom. The van der Waals surface area contributed by atoms with Crippen molar-refractivity contribution in [3.05, 3.63) is 107 Å². The molecule has 244 valence electrons. The van der Waals surface area contributed by atoms with Crippen molar-refractivity contribution in [3.63, 3.8) is 0 Å². The quantitative estimate of drug-likeness (QED) is 0.168. The number of benzene rings is 3. The van der Waals surface area contributed by atoms with Gasteiger partial charge in [-0.15, -0.1) is 17.0 Å². The van der Waals surface area contributed by atoms with Gasteiger partial charge in [0, 0.05) is 24.7 Å². The highest BCUT2D eigenvalue weighted by molar-refractivity contribution is 8.93. The van der Waals surface area contributed by atoms with E-state index in [9.17, 15) is 14.7 Å². The molecule has 5 nitrogen and oxygen atoms in total. The van der Waals surface area contributed by atoms with Crippen LogP contribution in [0.2, 0.25) is 0 Å². The van der Waals surface area contributed by atoms with Crippen LogP contribution >= 0.6 is 17.0 Å². The van der Waals surface area contributed by atoms with Crippen LogP contribution < -0.4 is 17.0 Å². The molecule has 0 spiro atoms. The Bertz CT molecular complexity index is 1280. The van der Waals surface area contributed by atoms with Crippen molar-refractivity contribution in [2.24, 2.45) is 5.41 Å². The molecule has 4 aliphatic rings. The minimum atomic E-state index is -1.05. The minimum absolute atomic E-state index is 0. The van der Waals surface area contributed by atoms with Gasteiger partial charge in [-0.2, -0.15) is 0 Å². The SMILES string of the molecule is Br.CCCCCCCC.O=C1c2ccccc2C(=O)N1CC[N+]12CCC(C(O)(c3ccccc3)c3ccccc3)(CC1)CC2.[Br-]. The molecule has 0 atom stereocenters. The molecule has 3 aromatic rings. The summed E-state index contributed by atoms with van der Waals surface area (Å²) in [5.41, 5.74) is 1.67. The summed E-state index contributed by atoms with van der Waals surface area (Å²) in [5, 5.41) is 12.5. The maximum absolute atomic E-state index is 12.8. The molecule has 3 saturated heterocycles. The summed E-state index contributed by atoms with van der Waals surface area (Å²) in [6, 6.07) is 27.3. The lowest BCUT2D eigenvalue weighted by molar-refractivity contribution is -0.945. The van der Waals surface area contributed by atoms with Crippen LogP contribution in [0.15, 0.2) is 84.9 Å². The van der Waals surface area contributed by atoms with Gasteiger partial charge in [0.15, 0.2) is 0 Å². The Morgan fingerprint density at radius 1 is 0.689 bits per heavy atom. The number of carbonyl (C=O) groups excluding carboxylic acids is 2. The second-order valence-corrected chi connectivity index (χ2v) is 12.9. The van der Waals surface area contributed by atoms with E-state index >= 15 is 0 Å². The molecule has 4 heterocycles. The standard InChI is InChI=1S/C30H31N2O3.C8H18.2BrH/c33-27-25-13-7-8-14-26(25)28(34)31(27)18-22-32-19-15-29(16-20-32,17-21-32)30(35,23-9-3-1-4-10-23)24-11-5-2-6-12-24;1-3-5-7-8-6-4-2;;/h1-14,35H,15-22H2;3-8H2,1-2H3;2*1H/q+1;;;/p-1. The normalized spacial score (nSPS) is 21.7. The molecular weight excluding hydrogens is 692 g/mol. The zero-order chi connectivity index (χ0) is 30.3. The van der Waals surface area contributed by atoms with Crippen molar-refractivity contribution in [2.45, 2.75) is 77.2 Å². The first-order valence-electron chi connectivity index (χ1n) is 16.5. The van der Waals surface area contributed by atoms with Gasteiger partial charge in [0.1, 0.15) is 5.60 Å². The Balaban J connectivity index is 0.000000492. The summed E-state index contributed by atoms with van der Waals surface area (Å²) < 4.78 is 0.912. The number of carbonyl (C=O) groups is 2. The van der Waals surface area contributed by atoms with E-state index in [0.29, 0.717) is 17.7 Å². The summed E-state index contributed by atoms with van der Waals surface area (Å²) in [7, 11) is 0. The van der Waals surface area contributed by atoms with Crippen LogP contribution in [0.5, 0.6) is 0 Å². The number of rotatable bonds is 11. The Morgan fingerprint density at radius 3 is 1.49 bits per heavy atom. The predicted molar refractivity (Wildman–Crippen MR) is 183 cm³/mol. The topological polar surface area (TPSA) is 57.6 Å². The second-order valence-electron chi connectivity index (χ2n) is 12.9. The van der Waals surface area contributed by atoms with E-state index < -0.39 is 5.60 Å². The lowest BCUT2D eigenvalue weighted by atomic mass is 9.56. The van der Waals surface area contributed by atoms with Crippen molar-refractivity contribution in [3.8, 4) is 0 Å². The van der Waals surface area contributed by atoms with Gasteiger partial charge in [-0.25, -0.2) is 0 Å². The van der Waals surface area contributed by atoms with Gasteiger partial charge in [-0.3, -0.25) is 14.5 Å². The zero-order valence-electron chi connectivity index (χ0n) is 26.9. The molecule has 3 fully saturated rings. The monoisotopic (exact) mass is 740 g/mol. The maximum Gasteiger partial charge on any atom is 0.261 e. The van der Waals surface area contributed by atoms with E-state index in [2.05, 4.69) is 38.1 Å². The molecule has 4 aliphatic heterocycles. The van der Waals surface area contributed by atoms with Gasteiger partial charge in [0.2, 0.25) is 0 Å². The number of aliphatic hydroxyl groups is 1. The van der Waals surface area contributed by atoms with E-state index in [-0.39, 0.29) is 51.2 Å². The van der Waals surface area contributed by atoms with E-state index in [4.69, 9.17) is 0 Å². The third-order valence-corrected chi connectivity index (χ3v) is 10.5. The van der Waals surface area contributed by atoms with Crippen LogP contribution in [0.1, 0.15) is 103 Å². The minimum Gasteiger partial charge on any atom is -1.00 e. The summed E-state index contributed by atoms with van der Waals surface area (Å²) in [6.45, 7) is 8.58. The Hall–Kier alpha value is -2.32. The highest BCUT2D eigenvalue weighted by atomic mass is 79.9. The average Bonchev–Trinajstić information content (AvgIpc) is 3.32. The molecule has 0 aliphatic carbocycles. The van der Waals surface area contributed by atoms with Gasteiger partial charge in [0.05, 0.1) is 43.9 Å². The van der Waals surface area contributed by atoms with E-state index in [1.807, 2.05) is 48.5 Å². The van der Waals surface area contributed by atoms with E-state index in [0.717, 1.165) is 61.1 Å². The summed E-state index contributed by atoms with van der Waals surface area (Å²) >= 11 is 0. The third-order valence-electron chi connectivity index (χ3n) is 10.5. The lowest BCUT2D eigenvalue weighted by Gasteiger charge is -2.60. The van der Waals surface area contributed by atoms with Gasteiger partial charge >= 0.3 is 0 Å². The summed E-state index contributed by atoms with van der Waals surface area (Å²) in [6.07, 6.45) is 11.2. The number of hydrogen-bond acceptors (Lipinski definition) is 3. The maximum atomic E-state index is 12.8. The van der Waals surface area contributed by atoms with Crippen LogP contribution in [0.25, 0.3) is 0 Å². The Labute approximate surface area is 291 Å². The van der Waals surface area contributed by atoms with Crippen molar-refractivity contribution in [1.82, 2.24) is 4.90 Å². The van der Waals surface area contributed by atoms with E-state index in [1.165, 1.54) is 43.4 Å². The third kappa shape index (κ3) is 7.48. The summed E-state index contributed by atoms with van der Waals surface area (Å²) in [4.78, 5) is 27.1. The number of unbranched alkanes of at least 4 members (excludes halogenated alkanes) is 5. The molecule has 7 rings (SSSR count). The molecule has 1 N–H and O–H groups in total. The van der Waals surface area contributed by atoms with Crippen molar-refractivity contribution in [1.29, 1.82) is 0 Å². The number of quaternary nitrogens is 1. The van der Waals surface area contributed by atoms with Gasteiger partial charge in [0.25, 0.3) is 11.8 Å². The second kappa shape index (κ2) is 16.5. The number of imide groups is 1. The fourth-order valence-corrected chi connectivity index (χ4v) is 7.69. The van der Waals surface area contributed by atoms with E-state index in [1.54, 1.807) is 12.1 Å². The molecule has 7 heteroatoms. The first kappa shape index (κ1) is 37.1. The number of hydrogen-bond donors (Lipinski definition) is 1. The first-order chi connectivity index (χ1) is 20.9. The summed E-state index contributed by atoms with van der Waals surface area (Å²) in [5.74, 6) is -0.343. The highest BCUT2D eigenvalue weighted by Crippen LogP contribution is 2.57. The van der Waals surface area contributed by atoms with Gasteiger partial charge in [-0.1, -0.05) is 125 Å². The van der Waals surface area contributed by atoms with Crippen molar-refractivity contribution in [2.75, 3.05) is 32.7 Å². The lowest BCUT2D eigenvalue weighted by Crippen LogP contribution is -3.00. The molecule has 0 unspecified atom stereocenters. The number of nitrogens with zero attached hydrogens (tertiary/aromatic N) is 2. The highest BCUT2D eigenvalue weighted by Gasteiger charge is 2.60. The fraction of sp³-hybridized carbons (Fsp3) is 0.474. The number of amides is 2. The zero-order valence-corrected chi connectivity index (χ0v) is 30.2. The molecule has 2 bridgehead atoms. The molecule has 0 saturated carbocycles. The van der Waals surface area contributed by atoms with Crippen LogP contribution in [-0.4, -0.2) is 59.0 Å². The molecule has 45 heavy (non-hydrogen) atoms. The molecule has 3 aromatic carbocycles. The Kier molecular flexibility index (Phi) is 13.6. The largest absolute Gasteiger partial charge is 1.00 e. The molecule has 0 radical (unpaired) electrons. The van der Waals surface area contributed by atoms with Crippen LogP contribution in [-0.2, 0) is 5.60 Å². The van der Waals surface area contributed by atoms with Crippen LogP contribution in [0, 0.1) is 5.41 Å². The first-order valence-corrected chi connectivity index (χ1v) is 16.5. The molecule has 0 aromatic heterocycles. The molecule has 2 amide bonds. The fourth-order valence-electron chi connectivity index (χ4n) is 7.69. The predicted octanol–water partition coefficient (Wildman–Crippen LogP) is 5.17.